The standard InChI is InChI=1S/C14H18N2/c1-9-5-6-11(3)15-13(9)8-14-10(2)7-12(4)16-14/h5-7,16H,8H2,1-4H3. The smallest absolute Gasteiger partial charge is 0.0494 e. The number of aromatic amines is 1. The molecule has 0 atom stereocenters. The molecule has 2 aromatic rings. The van der Waals surface area contributed by atoms with Gasteiger partial charge in [0.15, 0.2) is 0 Å². The van der Waals surface area contributed by atoms with E-state index in [0.29, 0.717) is 0 Å². The van der Waals surface area contributed by atoms with Crippen LogP contribution in [-0.4, -0.2) is 9.97 Å². The second kappa shape index (κ2) is 4.12. The predicted molar refractivity (Wildman–Crippen MR) is 66.8 cm³/mol. The van der Waals surface area contributed by atoms with Crippen LogP contribution in [0.5, 0.6) is 0 Å². The Morgan fingerprint density at radius 3 is 2.44 bits per heavy atom. The van der Waals surface area contributed by atoms with Crippen molar-refractivity contribution in [3.8, 4) is 0 Å². The van der Waals surface area contributed by atoms with Crippen molar-refractivity contribution in [2.24, 2.45) is 0 Å². The Kier molecular flexibility index (Phi) is 2.82. The van der Waals surface area contributed by atoms with Gasteiger partial charge in [-0.25, -0.2) is 0 Å². The van der Waals surface area contributed by atoms with E-state index in [1.807, 2.05) is 6.92 Å². The van der Waals surface area contributed by atoms with Gasteiger partial charge in [0.1, 0.15) is 0 Å². The normalized spacial score (nSPS) is 10.8. The molecule has 0 bridgehead atoms. The van der Waals surface area contributed by atoms with Crippen LogP contribution in [0.2, 0.25) is 0 Å². The van der Waals surface area contributed by atoms with Gasteiger partial charge in [0, 0.05) is 29.2 Å². The number of aromatic nitrogens is 2. The molecule has 2 nitrogen and oxygen atoms in total. The Labute approximate surface area is 96.7 Å². The maximum Gasteiger partial charge on any atom is 0.0494 e. The minimum Gasteiger partial charge on any atom is -0.362 e. The van der Waals surface area contributed by atoms with Crippen LogP contribution in [0.4, 0.5) is 0 Å². The summed E-state index contributed by atoms with van der Waals surface area (Å²) in [5.74, 6) is 0. The second-order valence-corrected chi connectivity index (χ2v) is 4.51. The molecule has 0 aliphatic carbocycles. The lowest BCUT2D eigenvalue weighted by atomic mass is 10.1. The number of H-pyrrole nitrogens is 1. The third-order valence-electron chi connectivity index (χ3n) is 2.94. The lowest BCUT2D eigenvalue weighted by Crippen LogP contribution is -1.99. The average Bonchev–Trinajstić information content (AvgIpc) is 2.51. The highest BCUT2D eigenvalue weighted by molar-refractivity contribution is 5.31. The Hall–Kier alpha value is -1.57. The molecular formula is C14H18N2. The van der Waals surface area contributed by atoms with Crippen LogP contribution in [0.15, 0.2) is 18.2 Å². The molecule has 16 heavy (non-hydrogen) atoms. The third kappa shape index (κ3) is 2.16. The number of hydrogen-bond acceptors (Lipinski definition) is 1. The molecule has 2 heterocycles. The monoisotopic (exact) mass is 214 g/mol. The molecule has 2 aromatic heterocycles. The highest BCUT2D eigenvalue weighted by atomic mass is 14.8. The number of aryl methyl sites for hydroxylation is 4. The second-order valence-electron chi connectivity index (χ2n) is 4.51. The van der Waals surface area contributed by atoms with Gasteiger partial charge in [-0.3, -0.25) is 4.98 Å². The van der Waals surface area contributed by atoms with E-state index in [4.69, 9.17) is 0 Å². The van der Waals surface area contributed by atoms with Gasteiger partial charge in [0.05, 0.1) is 0 Å². The first-order valence-electron chi connectivity index (χ1n) is 5.64. The molecule has 0 radical (unpaired) electrons. The van der Waals surface area contributed by atoms with E-state index in [1.54, 1.807) is 0 Å². The third-order valence-corrected chi connectivity index (χ3v) is 2.94. The topological polar surface area (TPSA) is 28.7 Å². The van der Waals surface area contributed by atoms with Gasteiger partial charge in [-0.2, -0.15) is 0 Å². The van der Waals surface area contributed by atoms with Crippen LogP contribution in [-0.2, 0) is 6.42 Å². The molecule has 84 valence electrons. The predicted octanol–water partition coefficient (Wildman–Crippen LogP) is 3.23. The zero-order valence-electron chi connectivity index (χ0n) is 10.4. The van der Waals surface area contributed by atoms with Crippen molar-refractivity contribution < 1.29 is 0 Å². The van der Waals surface area contributed by atoms with Gasteiger partial charge in [0.25, 0.3) is 0 Å². The fraction of sp³-hybridized carbons (Fsp3) is 0.357. The van der Waals surface area contributed by atoms with E-state index in [-0.39, 0.29) is 0 Å². The summed E-state index contributed by atoms with van der Waals surface area (Å²) in [5.41, 5.74) is 7.33. The summed E-state index contributed by atoms with van der Waals surface area (Å²) in [6, 6.07) is 6.38. The number of nitrogens with one attached hydrogen (secondary N) is 1. The largest absolute Gasteiger partial charge is 0.362 e. The Morgan fingerprint density at radius 1 is 1.06 bits per heavy atom. The fourth-order valence-electron chi connectivity index (χ4n) is 1.99. The highest BCUT2D eigenvalue weighted by Crippen LogP contribution is 2.15. The van der Waals surface area contributed by atoms with E-state index in [2.05, 4.69) is 48.9 Å². The minimum atomic E-state index is 0.896. The number of nitrogens with zero attached hydrogens (tertiary/aromatic N) is 1. The highest BCUT2D eigenvalue weighted by Gasteiger charge is 2.06. The molecule has 2 rings (SSSR count). The van der Waals surface area contributed by atoms with E-state index < -0.39 is 0 Å². The van der Waals surface area contributed by atoms with Crippen LogP contribution in [0.3, 0.4) is 0 Å². The van der Waals surface area contributed by atoms with Crippen molar-refractivity contribution in [2.45, 2.75) is 34.1 Å². The van der Waals surface area contributed by atoms with Gasteiger partial charge in [-0.15, -0.1) is 0 Å². The summed E-state index contributed by atoms with van der Waals surface area (Å²) in [6.07, 6.45) is 0.896. The minimum absolute atomic E-state index is 0.896. The molecule has 0 saturated carbocycles. The van der Waals surface area contributed by atoms with Crippen molar-refractivity contribution in [3.05, 3.63) is 52.1 Å². The molecule has 0 saturated heterocycles. The van der Waals surface area contributed by atoms with Gasteiger partial charge in [-0.05, 0) is 51.0 Å². The summed E-state index contributed by atoms with van der Waals surface area (Å²) >= 11 is 0. The first-order valence-corrected chi connectivity index (χ1v) is 5.64. The first kappa shape index (κ1) is 10.9. The zero-order valence-corrected chi connectivity index (χ0v) is 10.4. The number of hydrogen-bond donors (Lipinski definition) is 1. The Morgan fingerprint density at radius 2 is 1.81 bits per heavy atom. The van der Waals surface area contributed by atoms with Gasteiger partial charge < -0.3 is 4.98 Å². The molecule has 0 aliphatic heterocycles. The van der Waals surface area contributed by atoms with Crippen molar-refractivity contribution in [1.82, 2.24) is 9.97 Å². The van der Waals surface area contributed by atoms with Gasteiger partial charge >= 0.3 is 0 Å². The van der Waals surface area contributed by atoms with E-state index >= 15 is 0 Å². The van der Waals surface area contributed by atoms with E-state index in [1.165, 1.54) is 28.2 Å². The summed E-state index contributed by atoms with van der Waals surface area (Å²) in [7, 11) is 0. The van der Waals surface area contributed by atoms with Crippen LogP contribution in [0, 0.1) is 27.7 Å². The van der Waals surface area contributed by atoms with Crippen molar-refractivity contribution in [3.63, 3.8) is 0 Å². The van der Waals surface area contributed by atoms with Crippen LogP contribution in [0.25, 0.3) is 0 Å². The molecule has 0 unspecified atom stereocenters. The first-order chi connectivity index (χ1) is 7.56. The van der Waals surface area contributed by atoms with E-state index in [0.717, 1.165) is 12.1 Å². The molecule has 0 spiro atoms. The molecule has 0 amide bonds. The van der Waals surface area contributed by atoms with Crippen molar-refractivity contribution in [1.29, 1.82) is 0 Å². The summed E-state index contributed by atoms with van der Waals surface area (Å²) in [4.78, 5) is 8.00. The quantitative estimate of drug-likeness (QED) is 0.817. The molecule has 0 aromatic carbocycles. The molecular weight excluding hydrogens is 196 g/mol. The van der Waals surface area contributed by atoms with Crippen LogP contribution < -0.4 is 0 Å². The van der Waals surface area contributed by atoms with Crippen molar-refractivity contribution in [2.75, 3.05) is 0 Å². The Bertz CT molecular complexity index is 509. The van der Waals surface area contributed by atoms with Gasteiger partial charge in [-0.1, -0.05) is 6.07 Å². The average molecular weight is 214 g/mol. The Balaban J connectivity index is 2.33. The fourth-order valence-corrected chi connectivity index (χ4v) is 1.99. The molecule has 0 fully saturated rings. The number of pyridine rings is 1. The maximum atomic E-state index is 4.60. The summed E-state index contributed by atoms with van der Waals surface area (Å²) < 4.78 is 0. The maximum absolute atomic E-state index is 4.60. The molecule has 2 heteroatoms. The molecule has 1 N–H and O–H groups in total. The lowest BCUT2D eigenvalue weighted by molar-refractivity contribution is 0.969. The molecule has 0 aliphatic rings. The summed E-state index contributed by atoms with van der Waals surface area (Å²) in [5, 5.41) is 0. The van der Waals surface area contributed by atoms with E-state index in [9.17, 15) is 0 Å². The van der Waals surface area contributed by atoms with Crippen LogP contribution in [0.1, 0.15) is 33.9 Å². The summed E-state index contributed by atoms with van der Waals surface area (Å²) in [6.45, 7) is 8.39. The van der Waals surface area contributed by atoms with Crippen LogP contribution >= 0.6 is 0 Å². The number of rotatable bonds is 2. The van der Waals surface area contributed by atoms with Gasteiger partial charge in [0.2, 0.25) is 0 Å². The SMILES string of the molecule is Cc1ccc(C)c(Cc2[nH]c(C)cc2C)n1. The lowest BCUT2D eigenvalue weighted by Gasteiger charge is -2.05. The zero-order chi connectivity index (χ0) is 11.7. The van der Waals surface area contributed by atoms with Crippen molar-refractivity contribution >= 4 is 0 Å².